The van der Waals surface area contributed by atoms with Crippen LogP contribution in [-0.2, 0) is 0 Å². The number of carbonyl (C=O) groups excluding carboxylic acids is 1. The van der Waals surface area contributed by atoms with Crippen LogP contribution in [0.5, 0.6) is 6.01 Å². The number of ether oxygens (including phenoxy) is 1. The number of methoxy groups -OCH3 is 1. The zero-order chi connectivity index (χ0) is 20.7. The summed E-state index contributed by atoms with van der Waals surface area (Å²) in [7, 11) is 1.49. The lowest BCUT2D eigenvalue weighted by Crippen LogP contribution is -2.48. The SMILES string of the molecule is COc1nccc(NC(=O)N2c3nc(-c4cccc(C)c4)ccc3N3CC[C@H]2C3)n1. The van der Waals surface area contributed by atoms with Crippen LogP contribution in [0.2, 0.25) is 0 Å². The van der Waals surface area contributed by atoms with Gasteiger partial charge in [-0.3, -0.25) is 10.2 Å². The number of benzene rings is 1. The third kappa shape index (κ3) is 3.20. The van der Waals surface area contributed by atoms with Crippen molar-refractivity contribution in [2.45, 2.75) is 19.4 Å². The van der Waals surface area contributed by atoms with Crippen molar-refractivity contribution in [2.75, 3.05) is 35.3 Å². The molecule has 1 N–H and O–H groups in total. The number of aryl methyl sites for hydroxylation is 1. The average molecular weight is 402 g/mol. The van der Waals surface area contributed by atoms with Gasteiger partial charge in [0.1, 0.15) is 5.82 Å². The smallest absolute Gasteiger partial charge is 0.329 e. The van der Waals surface area contributed by atoms with Gasteiger partial charge in [-0.05, 0) is 37.6 Å². The minimum Gasteiger partial charge on any atom is -0.467 e. The second kappa shape index (κ2) is 7.29. The minimum atomic E-state index is -0.252. The number of rotatable bonds is 3. The van der Waals surface area contributed by atoms with Crippen LogP contribution in [0.4, 0.5) is 22.1 Å². The molecule has 5 rings (SSSR count). The van der Waals surface area contributed by atoms with Gasteiger partial charge in [-0.2, -0.15) is 4.98 Å². The Hall–Kier alpha value is -3.68. The van der Waals surface area contributed by atoms with E-state index in [9.17, 15) is 4.79 Å². The van der Waals surface area contributed by atoms with Crippen LogP contribution in [0.15, 0.2) is 48.7 Å². The Bertz CT molecular complexity index is 1120. The van der Waals surface area contributed by atoms with Gasteiger partial charge in [0.15, 0.2) is 5.82 Å². The summed E-state index contributed by atoms with van der Waals surface area (Å²) in [5.41, 5.74) is 4.03. The van der Waals surface area contributed by atoms with Crippen LogP contribution in [0.1, 0.15) is 12.0 Å². The van der Waals surface area contributed by atoms with Crippen molar-refractivity contribution >= 4 is 23.4 Å². The highest BCUT2D eigenvalue weighted by Crippen LogP contribution is 2.40. The highest BCUT2D eigenvalue weighted by molar-refractivity contribution is 6.04. The van der Waals surface area contributed by atoms with Crippen molar-refractivity contribution in [1.29, 1.82) is 0 Å². The molecular weight excluding hydrogens is 380 g/mol. The number of fused-ring (bicyclic) bond motifs is 4. The summed E-state index contributed by atoms with van der Waals surface area (Å²) < 4.78 is 5.06. The molecule has 0 radical (unpaired) electrons. The molecular formula is C22H22N6O2. The molecule has 0 saturated carbocycles. The number of hydrogen-bond donors (Lipinski definition) is 1. The third-order valence-electron chi connectivity index (χ3n) is 5.54. The highest BCUT2D eigenvalue weighted by atomic mass is 16.5. The molecule has 0 unspecified atom stereocenters. The molecule has 2 aromatic heterocycles. The van der Waals surface area contributed by atoms with Gasteiger partial charge in [-0.15, -0.1) is 0 Å². The highest BCUT2D eigenvalue weighted by Gasteiger charge is 2.40. The molecule has 2 aliphatic rings. The molecule has 1 saturated heterocycles. The first-order valence-electron chi connectivity index (χ1n) is 9.92. The largest absolute Gasteiger partial charge is 0.467 e. The predicted octanol–water partition coefficient (Wildman–Crippen LogP) is 3.49. The van der Waals surface area contributed by atoms with Gasteiger partial charge in [0, 0.05) is 24.8 Å². The molecule has 4 heterocycles. The minimum absolute atomic E-state index is 0.0708. The fraction of sp³-hybridized carbons (Fsp3) is 0.273. The third-order valence-corrected chi connectivity index (χ3v) is 5.54. The van der Waals surface area contributed by atoms with Crippen molar-refractivity contribution in [2.24, 2.45) is 0 Å². The van der Waals surface area contributed by atoms with Gasteiger partial charge in [-0.1, -0.05) is 23.8 Å². The van der Waals surface area contributed by atoms with Crippen molar-refractivity contribution in [3.63, 3.8) is 0 Å². The van der Waals surface area contributed by atoms with Crippen LogP contribution in [0.25, 0.3) is 11.3 Å². The first-order valence-corrected chi connectivity index (χ1v) is 9.92. The number of carbonyl (C=O) groups is 1. The van der Waals surface area contributed by atoms with Crippen molar-refractivity contribution < 1.29 is 9.53 Å². The molecule has 2 aliphatic heterocycles. The van der Waals surface area contributed by atoms with E-state index in [2.05, 4.69) is 45.3 Å². The van der Waals surface area contributed by atoms with E-state index in [1.807, 2.05) is 18.2 Å². The van der Waals surface area contributed by atoms with Crippen LogP contribution < -0.4 is 19.9 Å². The Morgan fingerprint density at radius 1 is 1.20 bits per heavy atom. The number of hydrogen-bond acceptors (Lipinski definition) is 6. The second-order valence-electron chi connectivity index (χ2n) is 7.53. The molecule has 3 aromatic rings. The number of nitrogens with zero attached hydrogens (tertiary/aromatic N) is 5. The molecule has 1 fully saturated rings. The standard InChI is InChI=1S/C22H22N6O2/c1-14-4-3-5-15(12-14)17-6-7-18-20(24-17)28(16-9-11-27(18)13-16)22(29)26-19-8-10-23-21(25-19)30-2/h3-8,10,12,16H,9,11,13H2,1-2H3,(H,23,25,26,29)/t16-/m0/s1. The Labute approximate surface area is 174 Å². The maximum Gasteiger partial charge on any atom is 0.329 e. The van der Waals surface area contributed by atoms with Gasteiger partial charge < -0.3 is 9.64 Å². The van der Waals surface area contributed by atoms with E-state index in [1.165, 1.54) is 12.7 Å². The predicted molar refractivity (Wildman–Crippen MR) is 115 cm³/mol. The van der Waals surface area contributed by atoms with Crippen molar-refractivity contribution in [1.82, 2.24) is 15.0 Å². The summed E-state index contributed by atoms with van der Waals surface area (Å²) >= 11 is 0. The number of anilines is 3. The summed E-state index contributed by atoms with van der Waals surface area (Å²) in [5, 5.41) is 2.88. The topological polar surface area (TPSA) is 83.5 Å². The van der Waals surface area contributed by atoms with Crippen molar-refractivity contribution in [3.8, 4) is 17.3 Å². The number of nitrogens with one attached hydrogen (secondary N) is 1. The Kier molecular flexibility index (Phi) is 4.46. The Morgan fingerprint density at radius 2 is 2.10 bits per heavy atom. The van der Waals surface area contributed by atoms with Gasteiger partial charge in [0.05, 0.1) is 24.5 Å². The first kappa shape index (κ1) is 18.4. The number of pyridine rings is 1. The van der Waals surface area contributed by atoms with Gasteiger partial charge in [0.2, 0.25) is 0 Å². The molecule has 8 nitrogen and oxygen atoms in total. The van der Waals surface area contributed by atoms with Crippen LogP contribution >= 0.6 is 0 Å². The molecule has 0 aliphatic carbocycles. The Balaban J connectivity index is 1.52. The molecule has 1 aromatic carbocycles. The quantitative estimate of drug-likeness (QED) is 0.722. The molecule has 2 amide bonds. The first-order chi connectivity index (χ1) is 14.6. The maximum atomic E-state index is 13.3. The lowest BCUT2D eigenvalue weighted by Gasteiger charge is -2.35. The lowest BCUT2D eigenvalue weighted by molar-refractivity contribution is 0.254. The van der Waals surface area contributed by atoms with Crippen LogP contribution in [-0.4, -0.2) is 47.2 Å². The number of amides is 2. The fourth-order valence-corrected chi connectivity index (χ4v) is 4.12. The number of aromatic nitrogens is 3. The zero-order valence-corrected chi connectivity index (χ0v) is 16.9. The van der Waals surface area contributed by atoms with Crippen molar-refractivity contribution in [3.05, 3.63) is 54.2 Å². The van der Waals surface area contributed by atoms with Gasteiger partial charge in [0.25, 0.3) is 0 Å². The van der Waals surface area contributed by atoms with E-state index in [-0.39, 0.29) is 18.1 Å². The normalized spacial score (nSPS) is 16.9. The monoisotopic (exact) mass is 402 g/mol. The van der Waals surface area contributed by atoms with E-state index in [0.29, 0.717) is 11.6 Å². The molecule has 1 atom stereocenters. The van der Waals surface area contributed by atoms with E-state index < -0.39 is 0 Å². The summed E-state index contributed by atoms with van der Waals surface area (Å²) in [6, 6.07) is 14.0. The Morgan fingerprint density at radius 3 is 2.93 bits per heavy atom. The molecule has 2 bridgehead atoms. The average Bonchev–Trinajstić information content (AvgIpc) is 3.18. The second-order valence-corrected chi connectivity index (χ2v) is 7.53. The summed E-state index contributed by atoms with van der Waals surface area (Å²) in [5.74, 6) is 1.07. The summed E-state index contributed by atoms with van der Waals surface area (Å²) in [6.07, 6.45) is 2.45. The molecule has 0 spiro atoms. The molecule has 30 heavy (non-hydrogen) atoms. The van der Waals surface area contributed by atoms with E-state index >= 15 is 0 Å². The fourth-order valence-electron chi connectivity index (χ4n) is 4.12. The van der Waals surface area contributed by atoms with Crippen LogP contribution in [0.3, 0.4) is 0 Å². The van der Waals surface area contributed by atoms with Gasteiger partial charge in [-0.25, -0.2) is 14.8 Å². The van der Waals surface area contributed by atoms with Crippen LogP contribution in [0, 0.1) is 6.92 Å². The number of urea groups is 1. The summed E-state index contributed by atoms with van der Waals surface area (Å²) in [4.78, 5) is 30.4. The van der Waals surface area contributed by atoms with E-state index in [4.69, 9.17) is 9.72 Å². The maximum absolute atomic E-state index is 13.3. The van der Waals surface area contributed by atoms with Gasteiger partial charge >= 0.3 is 12.0 Å². The zero-order valence-electron chi connectivity index (χ0n) is 16.9. The molecule has 8 heteroatoms. The van der Waals surface area contributed by atoms with E-state index in [0.717, 1.165) is 36.5 Å². The molecule has 152 valence electrons. The van der Waals surface area contributed by atoms with E-state index in [1.54, 1.807) is 17.2 Å². The summed E-state index contributed by atoms with van der Waals surface area (Å²) in [6.45, 7) is 3.77. The lowest BCUT2D eigenvalue weighted by atomic mass is 10.1.